The van der Waals surface area contributed by atoms with E-state index < -0.39 is 10.1 Å². The lowest BCUT2D eigenvalue weighted by Gasteiger charge is -2.07. The Balaban J connectivity index is 2.64. The topological polar surface area (TPSA) is 54.4 Å². The Morgan fingerprint density at radius 1 is 1.06 bits per heavy atom. The van der Waals surface area contributed by atoms with Crippen molar-refractivity contribution in [3.8, 4) is 0 Å². The predicted molar refractivity (Wildman–Crippen MR) is 69.5 cm³/mol. The van der Waals surface area contributed by atoms with Crippen molar-refractivity contribution in [1.29, 1.82) is 0 Å². The van der Waals surface area contributed by atoms with Crippen LogP contribution in [0.4, 0.5) is 0 Å². The fourth-order valence-corrected chi connectivity index (χ4v) is 2.56. The van der Waals surface area contributed by atoms with Crippen molar-refractivity contribution in [3.05, 3.63) is 35.4 Å². The van der Waals surface area contributed by atoms with E-state index in [2.05, 4.69) is 6.92 Å². The monoisotopic (exact) mass is 256 g/mol. The molecule has 0 saturated heterocycles. The summed E-state index contributed by atoms with van der Waals surface area (Å²) in [4.78, 5) is 0. The van der Waals surface area contributed by atoms with E-state index in [0.717, 1.165) is 24.8 Å². The summed E-state index contributed by atoms with van der Waals surface area (Å²) in [5, 5.41) is 0. The van der Waals surface area contributed by atoms with Crippen LogP contribution in [0.5, 0.6) is 0 Å². The van der Waals surface area contributed by atoms with Gasteiger partial charge in [0.2, 0.25) is 0 Å². The second-order valence-corrected chi connectivity index (χ2v) is 5.76. The van der Waals surface area contributed by atoms with Gasteiger partial charge in [-0.05, 0) is 24.0 Å². The molecule has 1 aromatic carbocycles. The van der Waals surface area contributed by atoms with Gasteiger partial charge in [0, 0.05) is 0 Å². The smallest absolute Gasteiger partial charge is 0.269 e. The average molecular weight is 256 g/mol. The van der Waals surface area contributed by atoms with E-state index in [1.54, 1.807) is 12.1 Å². The number of aryl methyl sites for hydroxylation is 1. The zero-order valence-corrected chi connectivity index (χ0v) is 11.0. The summed E-state index contributed by atoms with van der Waals surface area (Å²) in [7, 11) is -3.93. The first-order chi connectivity index (χ1) is 8.03. The summed E-state index contributed by atoms with van der Waals surface area (Å²) in [6.45, 7) is 2.16. The maximum absolute atomic E-state index is 10.9. The van der Waals surface area contributed by atoms with Gasteiger partial charge < -0.3 is 0 Å². The number of benzene rings is 1. The van der Waals surface area contributed by atoms with Crippen LogP contribution in [0.15, 0.2) is 24.3 Å². The Morgan fingerprint density at radius 3 is 2.29 bits per heavy atom. The predicted octanol–water partition coefficient (Wildman–Crippen LogP) is 3.20. The van der Waals surface area contributed by atoms with Crippen molar-refractivity contribution in [3.63, 3.8) is 0 Å². The minimum absolute atomic E-state index is 0.281. The second kappa shape index (κ2) is 6.77. The first-order valence-electron chi connectivity index (χ1n) is 6.05. The molecule has 0 amide bonds. The van der Waals surface area contributed by atoms with Gasteiger partial charge in [-0.1, -0.05) is 50.5 Å². The summed E-state index contributed by atoms with van der Waals surface area (Å²) in [6, 6.07) is 7.41. The van der Waals surface area contributed by atoms with Gasteiger partial charge in [0.05, 0.1) is 0 Å². The van der Waals surface area contributed by atoms with Crippen LogP contribution in [0.1, 0.15) is 43.7 Å². The highest BCUT2D eigenvalue weighted by Gasteiger charge is 2.10. The summed E-state index contributed by atoms with van der Waals surface area (Å²) >= 11 is 0. The average Bonchev–Trinajstić information content (AvgIpc) is 2.24. The van der Waals surface area contributed by atoms with E-state index in [9.17, 15) is 8.42 Å². The standard InChI is InChI=1S/C13H20O3S/c1-2-3-4-5-8-12-9-6-7-10-13(12)11-17(14,15)16/h6-7,9-10H,2-5,8,11H2,1H3,(H,14,15,16). The fraction of sp³-hybridized carbons (Fsp3) is 0.538. The SMILES string of the molecule is CCCCCCc1ccccc1CS(=O)(=O)O. The van der Waals surface area contributed by atoms with Crippen molar-refractivity contribution in [1.82, 2.24) is 0 Å². The minimum Gasteiger partial charge on any atom is -0.285 e. The minimum atomic E-state index is -3.93. The Kier molecular flexibility index (Phi) is 5.65. The molecule has 0 aliphatic heterocycles. The van der Waals surface area contributed by atoms with Gasteiger partial charge in [-0.15, -0.1) is 0 Å². The van der Waals surface area contributed by atoms with Crippen LogP contribution in [0.2, 0.25) is 0 Å². The molecule has 3 nitrogen and oxygen atoms in total. The molecular weight excluding hydrogens is 236 g/mol. The lowest BCUT2D eigenvalue weighted by atomic mass is 10.0. The molecule has 4 heteroatoms. The van der Waals surface area contributed by atoms with Crippen molar-refractivity contribution in [2.24, 2.45) is 0 Å². The summed E-state index contributed by atoms with van der Waals surface area (Å²) in [5.41, 5.74) is 1.74. The Labute approximate surface area is 104 Å². The van der Waals surface area contributed by atoms with Gasteiger partial charge in [-0.2, -0.15) is 8.42 Å². The lowest BCUT2D eigenvalue weighted by molar-refractivity contribution is 0.482. The van der Waals surface area contributed by atoms with Crippen LogP contribution in [0.25, 0.3) is 0 Å². The van der Waals surface area contributed by atoms with Gasteiger partial charge >= 0.3 is 0 Å². The summed E-state index contributed by atoms with van der Waals surface area (Å²) < 4.78 is 30.6. The summed E-state index contributed by atoms with van der Waals surface area (Å²) in [6.07, 6.45) is 5.51. The van der Waals surface area contributed by atoms with Gasteiger partial charge in [0.25, 0.3) is 10.1 Å². The molecule has 0 aliphatic carbocycles. The van der Waals surface area contributed by atoms with E-state index >= 15 is 0 Å². The molecule has 1 aromatic rings. The molecule has 0 spiro atoms. The van der Waals surface area contributed by atoms with Crippen LogP contribution in [-0.4, -0.2) is 13.0 Å². The molecule has 0 aromatic heterocycles. The van der Waals surface area contributed by atoms with E-state index in [0.29, 0.717) is 5.56 Å². The Hall–Kier alpha value is -0.870. The number of unbranched alkanes of at least 4 members (excludes halogenated alkanes) is 3. The van der Waals surface area contributed by atoms with Crippen LogP contribution in [-0.2, 0) is 22.3 Å². The third kappa shape index (κ3) is 5.84. The number of hydrogen-bond donors (Lipinski definition) is 1. The van der Waals surface area contributed by atoms with E-state index in [4.69, 9.17) is 4.55 Å². The molecule has 0 bridgehead atoms. The maximum Gasteiger partial charge on any atom is 0.269 e. The Morgan fingerprint density at radius 2 is 1.71 bits per heavy atom. The molecule has 0 unspecified atom stereocenters. The zero-order chi connectivity index (χ0) is 12.7. The molecular formula is C13H20O3S. The van der Waals surface area contributed by atoms with Crippen LogP contribution >= 0.6 is 0 Å². The lowest BCUT2D eigenvalue weighted by Crippen LogP contribution is -2.04. The second-order valence-electron chi connectivity index (χ2n) is 4.31. The molecule has 0 heterocycles. The first kappa shape index (κ1) is 14.2. The highest BCUT2D eigenvalue weighted by atomic mass is 32.2. The normalized spacial score (nSPS) is 11.6. The number of hydrogen-bond acceptors (Lipinski definition) is 2. The number of rotatable bonds is 7. The molecule has 96 valence electrons. The molecule has 0 saturated carbocycles. The molecule has 1 rings (SSSR count). The van der Waals surface area contributed by atoms with Crippen molar-refractivity contribution < 1.29 is 13.0 Å². The van der Waals surface area contributed by atoms with Crippen molar-refractivity contribution in [2.45, 2.75) is 44.8 Å². The van der Waals surface area contributed by atoms with Gasteiger partial charge in [0.1, 0.15) is 5.75 Å². The molecule has 17 heavy (non-hydrogen) atoms. The molecule has 1 N–H and O–H groups in total. The molecule has 0 aliphatic rings. The highest BCUT2D eigenvalue weighted by Crippen LogP contribution is 2.15. The van der Waals surface area contributed by atoms with Crippen LogP contribution in [0, 0.1) is 0 Å². The fourth-order valence-electron chi connectivity index (χ4n) is 1.88. The van der Waals surface area contributed by atoms with E-state index in [1.807, 2.05) is 12.1 Å². The third-order valence-corrected chi connectivity index (χ3v) is 3.43. The van der Waals surface area contributed by atoms with Crippen molar-refractivity contribution in [2.75, 3.05) is 0 Å². The summed E-state index contributed by atoms with van der Waals surface area (Å²) in [5.74, 6) is -0.281. The largest absolute Gasteiger partial charge is 0.285 e. The van der Waals surface area contributed by atoms with Crippen LogP contribution < -0.4 is 0 Å². The molecule has 0 fully saturated rings. The van der Waals surface area contributed by atoms with E-state index in [-0.39, 0.29) is 5.75 Å². The van der Waals surface area contributed by atoms with E-state index in [1.165, 1.54) is 12.8 Å². The highest BCUT2D eigenvalue weighted by molar-refractivity contribution is 7.85. The zero-order valence-electron chi connectivity index (χ0n) is 10.2. The molecule has 0 atom stereocenters. The van der Waals surface area contributed by atoms with Gasteiger partial charge in [0.15, 0.2) is 0 Å². The van der Waals surface area contributed by atoms with Crippen LogP contribution in [0.3, 0.4) is 0 Å². The third-order valence-electron chi connectivity index (χ3n) is 2.76. The van der Waals surface area contributed by atoms with Crippen molar-refractivity contribution >= 4 is 10.1 Å². The quantitative estimate of drug-likeness (QED) is 0.602. The molecule has 0 radical (unpaired) electrons. The van der Waals surface area contributed by atoms with Gasteiger partial charge in [-0.3, -0.25) is 4.55 Å². The van der Waals surface area contributed by atoms with Gasteiger partial charge in [-0.25, -0.2) is 0 Å². The first-order valence-corrected chi connectivity index (χ1v) is 7.66. The maximum atomic E-state index is 10.9. The Bertz CT molecular complexity index is 438.